The quantitative estimate of drug-likeness (QED) is 0.695. The Labute approximate surface area is 172 Å². The third-order valence-corrected chi connectivity index (χ3v) is 6.61. The van der Waals surface area contributed by atoms with Crippen LogP contribution in [0.4, 0.5) is 0 Å². The van der Waals surface area contributed by atoms with E-state index in [1.807, 2.05) is 33.8 Å². The average Bonchev–Trinajstić information content (AvgIpc) is 3.04. The van der Waals surface area contributed by atoms with Crippen LogP contribution < -0.4 is 4.74 Å². The monoisotopic (exact) mass is 420 g/mol. The highest BCUT2D eigenvalue weighted by Gasteiger charge is 2.25. The number of sulfonamides is 1. The van der Waals surface area contributed by atoms with E-state index in [0.717, 1.165) is 39.0 Å². The number of piperazine rings is 1. The molecule has 0 aliphatic carbocycles. The fraction of sp³-hybridized carbons (Fsp3) is 0.476. The Morgan fingerprint density at radius 1 is 1.24 bits per heavy atom. The van der Waals surface area contributed by atoms with Gasteiger partial charge < -0.3 is 14.1 Å². The Kier molecular flexibility index (Phi) is 6.05. The zero-order valence-electron chi connectivity index (χ0n) is 17.6. The van der Waals surface area contributed by atoms with Crippen molar-refractivity contribution in [2.24, 2.45) is 0 Å². The molecule has 1 aromatic carbocycles. The topological polar surface area (TPSA) is 80.1 Å². The average molecular weight is 421 g/mol. The van der Waals surface area contributed by atoms with Crippen molar-refractivity contribution in [1.29, 1.82) is 0 Å². The highest BCUT2D eigenvalue weighted by Crippen LogP contribution is 2.37. The minimum absolute atomic E-state index is 0.125. The van der Waals surface area contributed by atoms with Crippen LogP contribution in [0.1, 0.15) is 30.5 Å². The maximum absolute atomic E-state index is 12.8. The molecule has 0 unspecified atom stereocenters. The van der Waals surface area contributed by atoms with E-state index in [1.54, 1.807) is 17.2 Å². The highest BCUT2D eigenvalue weighted by molar-refractivity contribution is 7.88. The number of aryl methyl sites for hydroxylation is 2. The number of hydrogen-bond donors (Lipinski definition) is 0. The summed E-state index contributed by atoms with van der Waals surface area (Å²) in [6.07, 6.45) is 4.53. The minimum Gasteiger partial charge on any atom is -0.493 e. The van der Waals surface area contributed by atoms with Crippen molar-refractivity contribution in [3.8, 4) is 5.75 Å². The summed E-state index contributed by atoms with van der Waals surface area (Å²) < 4.78 is 36.3. The number of ether oxygens (including phenoxy) is 1. The fourth-order valence-corrected chi connectivity index (χ4v) is 4.48. The lowest BCUT2D eigenvalue weighted by Crippen LogP contribution is -2.49. The van der Waals surface area contributed by atoms with Crippen molar-refractivity contribution in [1.82, 2.24) is 9.21 Å². The van der Waals surface area contributed by atoms with Gasteiger partial charge in [-0.1, -0.05) is 0 Å². The van der Waals surface area contributed by atoms with E-state index in [0.29, 0.717) is 32.8 Å². The van der Waals surface area contributed by atoms with E-state index in [2.05, 4.69) is 0 Å². The molecule has 3 rings (SSSR count). The van der Waals surface area contributed by atoms with Gasteiger partial charge in [-0.05, 0) is 44.9 Å². The zero-order valence-corrected chi connectivity index (χ0v) is 18.4. The number of carbonyl (C=O) groups excluding carboxylic acids is 1. The van der Waals surface area contributed by atoms with Crippen LogP contribution in [0.3, 0.4) is 0 Å². The molecule has 1 aliphatic rings. The summed E-state index contributed by atoms with van der Waals surface area (Å²) in [6, 6.07) is 2.01. The molecular formula is C21H28N2O5S. The normalized spacial score (nSPS) is 16.4. The predicted molar refractivity (Wildman–Crippen MR) is 114 cm³/mol. The largest absolute Gasteiger partial charge is 0.493 e. The van der Waals surface area contributed by atoms with Gasteiger partial charge >= 0.3 is 0 Å². The van der Waals surface area contributed by atoms with Gasteiger partial charge in [0.1, 0.15) is 11.3 Å². The van der Waals surface area contributed by atoms with Crippen LogP contribution in [0.25, 0.3) is 16.5 Å². The molecule has 1 amide bonds. The van der Waals surface area contributed by atoms with Gasteiger partial charge in [0.2, 0.25) is 15.9 Å². The van der Waals surface area contributed by atoms with Crippen LogP contribution in [0.5, 0.6) is 5.75 Å². The number of hydrogen-bond acceptors (Lipinski definition) is 5. The number of benzene rings is 1. The van der Waals surface area contributed by atoms with Gasteiger partial charge in [0.25, 0.3) is 0 Å². The van der Waals surface area contributed by atoms with Crippen LogP contribution in [-0.4, -0.2) is 62.6 Å². The van der Waals surface area contributed by atoms with Crippen LogP contribution in [0.2, 0.25) is 0 Å². The van der Waals surface area contributed by atoms with E-state index < -0.39 is 10.0 Å². The molecule has 1 fully saturated rings. The van der Waals surface area contributed by atoms with E-state index in [4.69, 9.17) is 9.15 Å². The smallest absolute Gasteiger partial charge is 0.246 e. The third-order valence-electron chi connectivity index (χ3n) is 5.31. The molecule has 0 spiro atoms. The molecule has 0 radical (unpaired) electrons. The number of carbonyl (C=O) groups is 1. The summed E-state index contributed by atoms with van der Waals surface area (Å²) >= 11 is 0. The second kappa shape index (κ2) is 8.20. The van der Waals surface area contributed by atoms with Crippen LogP contribution in [0.15, 0.2) is 22.8 Å². The summed E-state index contributed by atoms with van der Waals surface area (Å²) in [5, 5.41) is 1.00. The molecule has 2 heterocycles. The molecule has 0 saturated carbocycles. The van der Waals surface area contributed by atoms with Crippen molar-refractivity contribution in [2.75, 3.05) is 39.0 Å². The first-order valence-electron chi connectivity index (χ1n) is 9.70. The Morgan fingerprint density at radius 3 is 2.48 bits per heavy atom. The summed E-state index contributed by atoms with van der Waals surface area (Å²) in [7, 11) is -3.22. The van der Waals surface area contributed by atoms with Gasteiger partial charge in [-0.2, -0.15) is 4.31 Å². The van der Waals surface area contributed by atoms with Gasteiger partial charge in [-0.3, -0.25) is 4.79 Å². The van der Waals surface area contributed by atoms with Crippen LogP contribution in [-0.2, 0) is 14.8 Å². The number of fused-ring (bicyclic) bond motifs is 1. The lowest BCUT2D eigenvalue weighted by atomic mass is 9.98. The van der Waals surface area contributed by atoms with Crippen molar-refractivity contribution < 1.29 is 22.4 Å². The number of amides is 1. The second-order valence-corrected chi connectivity index (χ2v) is 9.40. The van der Waals surface area contributed by atoms with E-state index in [-0.39, 0.29) is 5.91 Å². The Morgan fingerprint density at radius 2 is 1.90 bits per heavy atom. The molecule has 2 aromatic rings. The third kappa shape index (κ3) is 4.33. The minimum atomic E-state index is -3.22. The van der Waals surface area contributed by atoms with Gasteiger partial charge in [-0.15, -0.1) is 0 Å². The maximum Gasteiger partial charge on any atom is 0.246 e. The van der Waals surface area contributed by atoms with Crippen molar-refractivity contribution in [3.63, 3.8) is 0 Å². The first-order chi connectivity index (χ1) is 13.6. The van der Waals surface area contributed by atoms with E-state index >= 15 is 0 Å². The first-order valence-corrected chi connectivity index (χ1v) is 11.5. The van der Waals surface area contributed by atoms with Gasteiger partial charge in [-0.25, -0.2) is 8.42 Å². The highest BCUT2D eigenvalue weighted by atomic mass is 32.2. The van der Waals surface area contributed by atoms with Crippen molar-refractivity contribution in [3.05, 3.63) is 35.1 Å². The molecule has 0 N–H and O–H groups in total. The van der Waals surface area contributed by atoms with E-state index in [1.165, 1.54) is 10.6 Å². The lowest BCUT2D eigenvalue weighted by Gasteiger charge is -2.32. The fourth-order valence-electron chi connectivity index (χ4n) is 3.66. The molecule has 7 nitrogen and oxygen atoms in total. The zero-order chi connectivity index (χ0) is 21.3. The number of nitrogens with zero attached hydrogens (tertiary/aromatic N) is 2. The van der Waals surface area contributed by atoms with E-state index in [9.17, 15) is 13.2 Å². The Bertz CT molecular complexity index is 1060. The second-order valence-electron chi connectivity index (χ2n) is 7.42. The van der Waals surface area contributed by atoms with Gasteiger partial charge in [0.05, 0.1) is 19.1 Å². The molecule has 1 aliphatic heterocycles. The molecule has 0 bridgehead atoms. The van der Waals surface area contributed by atoms with Gasteiger partial charge in [0.15, 0.2) is 0 Å². The maximum atomic E-state index is 12.8. The first kappa shape index (κ1) is 21.4. The summed E-state index contributed by atoms with van der Waals surface area (Å²) in [5.41, 5.74) is 4.41. The number of furan rings is 1. The molecule has 158 valence electrons. The summed E-state index contributed by atoms with van der Waals surface area (Å²) in [6.45, 7) is 9.67. The molecule has 8 heteroatoms. The summed E-state index contributed by atoms with van der Waals surface area (Å²) in [4.78, 5) is 14.5. The number of allylic oxidation sites excluding steroid dienone is 1. The van der Waals surface area contributed by atoms with Crippen molar-refractivity contribution >= 4 is 32.5 Å². The van der Waals surface area contributed by atoms with Gasteiger partial charge in [0, 0.05) is 48.8 Å². The molecule has 29 heavy (non-hydrogen) atoms. The lowest BCUT2D eigenvalue weighted by molar-refractivity contribution is -0.127. The molecule has 1 aromatic heterocycles. The molecule has 0 atom stereocenters. The SMILES string of the molecule is CCOc1c(/C(C)=C/C(=O)N2CCN(S(C)(=O)=O)CC2)cc2c(C)coc2c1C. The Balaban J connectivity index is 1.89. The molecule has 1 saturated heterocycles. The number of rotatable bonds is 5. The summed E-state index contributed by atoms with van der Waals surface area (Å²) in [5.74, 6) is 0.595. The predicted octanol–water partition coefficient (Wildman–Crippen LogP) is 2.96. The standard InChI is InChI=1S/C21H28N2O5S/c1-6-27-20-16(4)21-18(15(3)13-28-21)12-17(20)14(2)11-19(24)22-7-9-23(10-8-22)29(5,25)26/h11-13H,6-10H2,1-5H3/b14-11+. The molecular weight excluding hydrogens is 392 g/mol. The van der Waals surface area contributed by atoms with Crippen molar-refractivity contribution in [2.45, 2.75) is 27.7 Å². The Hall–Kier alpha value is -2.32. The van der Waals surface area contributed by atoms with Crippen LogP contribution >= 0.6 is 0 Å². The van der Waals surface area contributed by atoms with Crippen LogP contribution in [0, 0.1) is 13.8 Å².